The first-order valence-corrected chi connectivity index (χ1v) is 17.8. The van der Waals surface area contributed by atoms with E-state index in [1.165, 1.54) is 55.9 Å². The maximum absolute atomic E-state index is 2.50. The maximum atomic E-state index is 2.50. The van der Waals surface area contributed by atoms with E-state index in [2.05, 4.69) is 217 Å². The number of allylic oxidation sites excluding steroid dienone is 2. The Hall–Kier alpha value is -6.38. The van der Waals surface area contributed by atoms with Crippen LogP contribution in [0.25, 0.3) is 33.4 Å². The topological polar surface area (TPSA) is 6.48 Å². The third kappa shape index (κ3) is 5.85. The van der Waals surface area contributed by atoms with Gasteiger partial charge in [-0.3, -0.25) is 0 Å². The maximum Gasteiger partial charge on any atom is 0.0629 e. The molecule has 0 amide bonds. The summed E-state index contributed by atoms with van der Waals surface area (Å²) in [5, 5.41) is 0. The monoisotopic (exact) mass is 654 g/mol. The van der Waals surface area contributed by atoms with Gasteiger partial charge in [0.1, 0.15) is 0 Å². The minimum Gasteiger partial charge on any atom is -0.333 e. The fraction of sp³-hybridized carbons (Fsp3) is 0.0612. The highest BCUT2D eigenvalue weighted by molar-refractivity contribution is 5.82. The van der Waals surface area contributed by atoms with Crippen LogP contribution >= 0.6 is 0 Å². The molecule has 0 saturated carbocycles. The number of fused-ring (bicyclic) bond motifs is 3. The van der Waals surface area contributed by atoms with Crippen molar-refractivity contribution in [1.82, 2.24) is 0 Å². The van der Waals surface area contributed by atoms with Crippen molar-refractivity contribution in [2.24, 2.45) is 0 Å². The minimum atomic E-state index is 0.286. The lowest BCUT2D eigenvalue weighted by molar-refractivity contribution is 0.745. The number of anilines is 5. The number of para-hydroxylation sites is 1. The van der Waals surface area contributed by atoms with Crippen molar-refractivity contribution >= 4 is 28.4 Å². The van der Waals surface area contributed by atoms with Crippen LogP contribution in [-0.2, 0) is 0 Å². The predicted octanol–water partition coefficient (Wildman–Crippen LogP) is 13.2. The zero-order valence-corrected chi connectivity index (χ0v) is 28.6. The lowest BCUT2D eigenvalue weighted by Crippen LogP contribution is -2.28. The Kier molecular flexibility index (Phi) is 7.91. The normalized spacial score (nSPS) is 15.7. The summed E-state index contributed by atoms with van der Waals surface area (Å²) in [7, 11) is 0. The first-order valence-electron chi connectivity index (χ1n) is 17.8. The van der Waals surface area contributed by atoms with Gasteiger partial charge in [-0.1, -0.05) is 145 Å². The predicted molar refractivity (Wildman–Crippen MR) is 216 cm³/mol. The summed E-state index contributed by atoms with van der Waals surface area (Å²) in [5.74, 6) is 0.372. The average Bonchev–Trinajstić information content (AvgIpc) is 3.54. The second-order valence-corrected chi connectivity index (χ2v) is 13.5. The van der Waals surface area contributed by atoms with Gasteiger partial charge in [-0.25, -0.2) is 0 Å². The highest BCUT2D eigenvalue weighted by atomic mass is 15.2. The van der Waals surface area contributed by atoms with E-state index in [-0.39, 0.29) is 6.04 Å². The molecule has 244 valence electrons. The van der Waals surface area contributed by atoms with E-state index in [4.69, 9.17) is 0 Å². The zero-order valence-electron chi connectivity index (χ0n) is 28.6. The van der Waals surface area contributed by atoms with Crippen molar-refractivity contribution in [3.8, 4) is 33.4 Å². The molecule has 9 rings (SSSR count). The summed E-state index contributed by atoms with van der Waals surface area (Å²) in [5.41, 5.74) is 15.8. The van der Waals surface area contributed by atoms with Crippen LogP contribution in [0, 0.1) is 6.92 Å². The van der Waals surface area contributed by atoms with Gasteiger partial charge in [0.05, 0.1) is 6.04 Å². The Balaban J connectivity index is 1.02. The van der Waals surface area contributed by atoms with Gasteiger partial charge in [0, 0.05) is 34.4 Å². The molecule has 0 N–H and O–H groups in total. The fourth-order valence-corrected chi connectivity index (χ4v) is 7.68. The Morgan fingerprint density at radius 3 is 1.65 bits per heavy atom. The molecule has 0 radical (unpaired) electrons. The van der Waals surface area contributed by atoms with Crippen LogP contribution in [-0.4, -0.2) is 6.04 Å². The molecule has 1 aliphatic carbocycles. The number of nitrogens with zero attached hydrogens (tertiary/aromatic N) is 2. The van der Waals surface area contributed by atoms with Crippen molar-refractivity contribution in [2.75, 3.05) is 9.80 Å². The van der Waals surface area contributed by atoms with Crippen LogP contribution in [0.4, 0.5) is 28.4 Å². The summed E-state index contributed by atoms with van der Waals surface area (Å²) in [4.78, 5) is 4.83. The second-order valence-electron chi connectivity index (χ2n) is 13.5. The molecule has 0 bridgehead atoms. The number of hydrogen-bond acceptors (Lipinski definition) is 2. The highest BCUT2D eigenvalue weighted by Gasteiger charge is 2.37. The van der Waals surface area contributed by atoms with Gasteiger partial charge >= 0.3 is 0 Å². The number of benzene rings is 7. The highest BCUT2D eigenvalue weighted by Crippen LogP contribution is 2.48. The molecule has 2 atom stereocenters. The number of rotatable bonds is 7. The molecule has 0 fully saturated rings. The summed E-state index contributed by atoms with van der Waals surface area (Å²) in [6.07, 6.45) is 9.03. The van der Waals surface area contributed by atoms with Gasteiger partial charge in [-0.2, -0.15) is 0 Å². The SMILES string of the molecule is Cc1ccc(N(c2ccc(-c3ccccc3)cc2)c2ccc(-c3cccc(-c4cccc(N5c6ccccc6C6C=CC=CC65)c4)c3)cc2)cc1. The molecule has 7 aromatic carbocycles. The van der Waals surface area contributed by atoms with Crippen LogP contribution in [0.1, 0.15) is 17.0 Å². The van der Waals surface area contributed by atoms with Crippen LogP contribution < -0.4 is 9.80 Å². The van der Waals surface area contributed by atoms with Crippen molar-refractivity contribution in [3.63, 3.8) is 0 Å². The quantitative estimate of drug-likeness (QED) is 0.169. The van der Waals surface area contributed by atoms with Crippen LogP contribution in [0.3, 0.4) is 0 Å². The van der Waals surface area contributed by atoms with Crippen molar-refractivity contribution in [3.05, 3.63) is 211 Å². The molecule has 1 heterocycles. The Labute approximate surface area is 300 Å². The van der Waals surface area contributed by atoms with Gasteiger partial charge in [0.2, 0.25) is 0 Å². The summed E-state index contributed by atoms with van der Waals surface area (Å²) in [6.45, 7) is 2.13. The molecule has 7 aromatic rings. The fourth-order valence-electron chi connectivity index (χ4n) is 7.68. The summed E-state index contributed by atoms with van der Waals surface area (Å²) < 4.78 is 0. The largest absolute Gasteiger partial charge is 0.333 e. The van der Waals surface area contributed by atoms with Gasteiger partial charge < -0.3 is 9.80 Å². The third-order valence-corrected chi connectivity index (χ3v) is 10.3. The molecule has 0 saturated heterocycles. The van der Waals surface area contributed by atoms with E-state index >= 15 is 0 Å². The first kappa shape index (κ1) is 30.7. The number of hydrogen-bond donors (Lipinski definition) is 0. The molecule has 2 heteroatoms. The van der Waals surface area contributed by atoms with Gasteiger partial charge in [0.15, 0.2) is 0 Å². The molecule has 0 aromatic heterocycles. The van der Waals surface area contributed by atoms with Gasteiger partial charge in [-0.05, 0) is 107 Å². The first-order chi connectivity index (χ1) is 25.2. The molecular formula is C49H38N2. The molecular weight excluding hydrogens is 617 g/mol. The zero-order chi connectivity index (χ0) is 34.1. The van der Waals surface area contributed by atoms with E-state index in [0.29, 0.717) is 5.92 Å². The van der Waals surface area contributed by atoms with E-state index in [1.807, 2.05) is 0 Å². The van der Waals surface area contributed by atoms with Crippen molar-refractivity contribution < 1.29 is 0 Å². The van der Waals surface area contributed by atoms with Crippen LogP contribution in [0.15, 0.2) is 200 Å². The lowest BCUT2D eigenvalue weighted by Gasteiger charge is -2.29. The standard InChI is InChI=1S/C49H38N2/c1-35-21-27-42(28-22-35)50(43-29-23-37(24-30-43)36-11-3-2-4-12-36)44-31-25-38(26-32-44)39-13-9-14-40(33-39)41-15-10-16-45(34-41)51-48-19-7-5-17-46(48)47-18-6-8-20-49(47)51/h2-34,46,48H,1H3. The lowest BCUT2D eigenvalue weighted by atomic mass is 9.91. The van der Waals surface area contributed by atoms with Gasteiger partial charge in [-0.15, -0.1) is 0 Å². The number of aryl methyl sites for hydroxylation is 1. The van der Waals surface area contributed by atoms with E-state index < -0.39 is 0 Å². The van der Waals surface area contributed by atoms with Crippen molar-refractivity contribution in [1.29, 1.82) is 0 Å². The summed E-state index contributed by atoms with van der Waals surface area (Å²) >= 11 is 0. The van der Waals surface area contributed by atoms with Crippen molar-refractivity contribution in [2.45, 2.75) is 18.9 Å². The molecule has 1 aliphatic heterocycles. The molecule has 2 nitrogen and oxygen atoms in total. The molecule has 2 aliphatic rings. The molecule has 51 heavy (non-hydrogen) atoms. The second kappa shape index (κ2) is 13.2. The molecule has 2 unspecified atom stereocenters. The minimum absolute atomic E-state index is 0.286. The van der Waals surface area contributed by atoms with Crippen LogP contribution in [0.5, 0.6) is 0 Å². The van der Waals surface area contributed by atoms with E-state index in [9.17, 15) is 0 Å². The Morgan fingerprint density at radius 2 is 0.941 bits per heavy atom. The Morgan fingerprint density at radius 1 is 0.431 bits per heavy atom. The van der Waals surface area contributed by atoms with E-state index in [0.717, 1.165) is 17.1 Å². The third-order valence-electron chi connectivity index (χ3n) is 10.3. The van der Waals surface area contributed by atoms with E-state index in [1.54, 1.807) is 0 Å². The molecule has 0 spiro atoms. The smallest absolute Gasteiger partial charge is 0.0629 e. The Bertz CT molecular complexity index is 2370. The average molecular weight is 655 g/mol. The van der Waals surface area contributed by atoms with Gasteiger partial charge in [0.25, 0.3) is 0 Å². The summed E-state index contributed by atoms with van der Waals surface area (Å²) in [6, 6.07) is 64.2. The van der Waals surface area contributed by atoms with Crippen LogP contribution in [0.2, 0.25) is 0 Å².